The molecule has 0 N–H and O–H groups in total. The Bertz CT molecular complexity index is 879. The van der Waals surface area contributed by atoms with Gasteiger partial charge in [-0.25, -0.2) is 0 Å². The predicted octanol–water partition coefficient (Wildman–Crippen LogP) is 2.83. The van der Waals surface area contributed by atoms with Crippen molar-refractivity contribution in [3.63, 3.8) is 0 Å². The number of aryl methyl sites for hydroxylation is 1. The molecule has 4 rings (SSSR count). The number of fused-ring (bicyclic) bond motifs is 1. The van der Waals surface area contributed by atoms with E-state index in [2.05, 4.69) is 19.0 Å². The van der Waals surface area contributed by atoms with Gasteiger partial charge in [-0.1, -0.05) is 18.2 Å². The van der Waals surface area contributed by atoms with E-state index in [4.69, 9.17) is 0 Å². The third-order valence-electron chi connectivity index (χ3n) is 6.04. The lowest BCUT2D eigenvalue weighted by atomic mass is 9.80. The standard InChI is InChI=1S/C22H27N3O2S/c1-16-9-10-28-19(16)21(27)25-12-18-11-24(14-22(18,15-25)13-23(2)3)20(26)17-7-5-4-6-8-17/h4-10,18H,11-15H2,1-3H3/t18-,22+/m1/s1. The Morgan fingerprint density at radius 3 is 2.29 bits per heavy atom. The lowest BCUT2D eigenvalue weighted by molar-refractivity contribution is 0.0703. The number of amides is 2. The number of rotatable bonds is 4. The normalized spacial score (nSPS) is 24.1. The minimum absolute atomic E-state index is 0.0607. The van der Waals surface area contributed by atoms with Crippen LogP contribution in [-0.2, 0) is 0 Å². The maximum absolute atomic E-state index is 13.1. The minimum atomic E-state index is -0.0607. The summed E-state index contributed by atoms with van der Waals surface area (Å²) in [5.41, 5.74) is 1.73. The molecule has 2 amide bonds. The third-order valence-corrected chi connectivity index (χ3v) is 7.05. The summed E-state index contributed by atoms with van der Waals surface area (Å²) in [5.74, 6) is 0.549. The summed E-state index contributed by atoms with van der Waals surface area (Å²) in [4.78, 5) is 33.1. The lowest BCUT2D eigenvalue weighted by Crippen LogP contribution is -2.43. The molecule has 28 heavy (non-hydrogen) atoms. The van der Waals surface area contributed by atoms with Gasteiger partial charge >= 0.3 is 0 Å². The number of carbonyl (C=O) groups excluding carboxylic acids is 2. The molecule has 0 radical (unpaired) electrons. The predicted molar refractivity (Wildman–Crippen MR) is 112 cm³/mol. The summed E-state index contributed by atoms with van der Waals surface area (Å²) >= 11 is 1.52. The molecule has 0 unspecified atom stereocenters. The first-order chi connectivity index (χ1) is 13.4. The van der Waals surface area contributed by atoms with Crippen LogP contribution in [0.15, 0.2) is 41.8 Å². The fourth-order valence-electron chi connectivity index (χ4n) is 4.84. The van der Waals surface area contributed by atoms with E-state index >= 15 is 0 Å². The average molecular weight is 398 g/mol. The smallest absolute Gasteiger partial charge is 0.264 e. The SMILES string of the molecule is Cc1ccsc1C(=O)N1C[C@H]2CN(C(=O)c3ccccc3)C[C@@]2(CN(C)C)C1. The lowest BCUT2D eigenvalue weighted by Gasteiger charge is -2.32. The fourth-order valence-corrected chi connectivity index (χ4v) is 5.73. The van der Waals surface area contributed by atoms with Crippen LogP contribution in [0.5, 0.6) is 0 Å². The van der Waals surface area contributed by atoms with Crippen molar-refractivity contribution in [3.8, 4) is 0 Å². The van der Waals surface area contributed by atoms with E-state index in [1.54, 1.807) is 0 Å². The maximum atomic E-state index is 13.1. The van der Waals surface area contributed by atoms with Gasteiger partial charge in [-0.2, -0.15) is 0 Å². The van der Waals surface area contributed by atoms with Gasteiger partial charge in [0.05, 0.1) is 4.88 Å². The number of nitrogens with zero attached hydrogens (tertiary/aromatic N) is 3. The number of thiophene rings is 1. The van der Waals surface area contributed by atoms with Crippen LogP contribution in [0.4, 0.5) is 0 Å². The number of carbonyl (C=O) groups is 2. The molecule has 1 aromatic carbocycles. The van der Waals surface area contributed by atoms with E-state index < -0.39 is 0 Å². The zero-order valence-corrected chi connectivity index (χ0v) is 17.5. The second-order valence-electron chi connectivity index (χ2n) is 8.47. The first kappa shape index (κ1) is 19.2. The van der Waals surface area contributed by atoms with Crippen molar-refractivity contribution in [2.24, 2.45) is 11.3 Å². The quantitative estimate of drug-likeness (QED) is 0.797. The number of likely N-dealkylation sites (tertiary alicyclic amines) is 2. The fraction of sp³-hybridized carbons (Fsp3) is 0.455. The zero-order valence-electron chi connectivity index (χ0n) is 16.7. The number of benzene rings is 1. The molecule has 2 aromatic rings. The molecule has 5 nitrogen and oxygen atoms in total. The van der Waals surface area contributed by atoms with Crippen LogP contribution in [0.25, 0.3) is 0 Å². The molecule has 0 aliphatic carbocycles. The Morgan fingerprint density at radius 2 is 1.71 bits per heavy atom. The molecule has 0 spiro atoms. The van der Waals surface area contributed by atoms with E-state index in [0.717, 1.165) is 35.6 Å². The highest BCUT2D eigenvalue weighted by Crippen LogP contribution is 2.44. The Kier molecular flexibility index (Phi) is 5.02. The van der Waals surface area contributed by atoms with Gasteiger partial charge in [-0.05, 0) is 50.2 Å². The maximum Gasteiger partial charge on any atom is 0.264 e. The van der Waals surface area contributed by atoms with E-state index in [0.29, 0.717) is 19.0 Å². The molecule has 2 aliphatic rings. The molecule has 3 heterocycles. The van der Waals surface area contributed by atoms with Crippen LogP contribution in [-0.4, -0.2) is 73.3 Å². The second kappa shape index (κ2) is 7.33. The minimum Gasteiger partial charge on any atom is -0.338 e. The van der Waals surface area contributed by atoms with Crippen LogP contribution in [0.1, 0.15) is 25.6 Å². The summed E-state index contributed by atoms with van der Waals surface area (Å²) in [6, 6.07) is 11.5. The van der Waals surface area contributed by atoms with E-state index in [-0.39, 0.29) is 17.2 Å². The summed E-state index contributed by atoms with van der Waals surface area (Å²) in [5, 5.41) is 1.98. The Balaban J connectivity index is 1.55. The highest BCUT2D eigenvalue weighted by Gasteiger charge is 2.54. The van der Waals surface area contributed by atoms with Crippen molar-refractivity contribution in [1.82, 2.24) is 14.7 Å². The van der Waals surface area contributed by atoms with Crippen LogP contribution >= 0.6 is 11.3 Å². The van der Waals surface area contributed by atoms with Crippen molar-refractivity contribution < 1.29 is 9.59 Å². The van der Waals surface area contributed by atoms with Gasteiger partial charge in [0.1, 0.15) is 0 Å². The molecule has 2 aliphatic heterocycles. The van der Waals surface area contributed by atoms with Crippen LogP contribution in [0.2, 0.25) is 0 Å². The van der Waals surface area contributed by atoms with Crippen molar-refractivity contribution in [2.45, 2.75) is 6.92 Å². The van der Waals surface area contributed by atoms with Gasteiger partial charge in [-0.15, -0.1) is 11.3 Å². The third kappa shape index (κ3) is 3.35. The first-order valence-corrected chi connectivity index (χ1v) is 10.6. The molecule has 6 heteroatoms. The summed E-state index contributed by atoms with van der Waals surface area (Å²) in [6.07, 6.45) is 0. The first-order valence-electron chi connectivity index (χ1n) is 9.72. The second-order valence-corrected chi connectivity index (χ2v) is 9.38. The Morgan fingerprint density at radius 1 is 1.07 bits per heavy atom. The van der Waals surface area contributed by atoms with Crippen LogP contribution in [0, 0.1) is 18.3 Å². The number of hydrogen-bond acceptors (Lipinski definition) is 4. The molecule has 2 fully saturated rings. The summed E-state index contributed by atoms with van der Waals surface area (Å²) in [6.45, 7) is 5.73. The van der Waals surface area contributed by atoms with Crippen molar-refractivity contribution in [2.75, 3.05) is 46.8 Å². The van der Waals surface area contributed by atoms with Gasteiger partial charge in [0.15, 0.2) is 0 Å². The molecule has 2 atom stereocenters. The molecule has 148 valence electrons. The van der Waals surface area contributed by atoms with Crippen LogP contribution in [0.3, 0.4) is 0 Å². The monoisotopic (exact) mass is 397 g/mol. The van der Waals surface area contributed by atoms with Crippen molar-refractivity contribution >= 4 is 23.2 Å². The molecule has 0 saturated carbocycles. The molecule has 2 saturated heterocycles. The molecular weight excluding hydrogens is 370 g/mol. The summed E-state index contributed by atoms with van der Waals surface area (Å²) in [7, 11) is 4.14. The van der Waals surface area contributed by atoms with Crippen molar-refractivity contribution in [3.05, 3.63) is 57.8 Å². The van der Waals surface area contributed by atoms with E-state index in [9.17, 15) is 9.59 Å². The highest BCUT2D eigenvalue weighted by molar-refractivity contribution is 7.12. The molecule has 1 aromatic heterocycles. The number of hydrogen-bond donors (Lipinski definition) is 0. The molecule has 0 bridgehead atoms. The van der Waals surface area contributed by atoms with E-state index in [1.165, 1.54) is 11.3 Å². The zero-order chi connectivity index (χ0) is 19.9. The average Bonchev–Trinajstić information content (AvgIpc) is 3.32. The Hall–Kier alpha value is -2.18. The highest BCUT2D eigenvalue weighted by atomic mass is 32.1. The summed E-state index contributed by atoms with van der Waals surface area (Å²) < 4.78 is 0. The molecular formula is C22H27N3O2S. The van der Waals surface area contributed by atoms with E-state index in [1.807, 2.05) is 58.5 Å². The van der Waals surface area contributed by atoms with Crippen molar-refractivity contribution in [1.29, 1.82) is 0 Å². The van der Waals surface area contributed by atoms with Crippen LogP contribution < -0.4 is 0 Å². The van der Waals surface area contributed by atoms with Gasteiger partial charge in [-0.3, -0.25) is 9.59 Å². The topological polar surface area (TPSA) is 43.9 Å². The van der Waals surface area contributed by atoms with Gasteiger partial charge in [0, 0.05) is 49.6 Å². The van der Waals surface area contributed by atoms with Gasteiger partial charge < -0.3 is 14.7 Å². The largest absolute Gasteiger partial charge is 0.338 e. The Labute approximate surface area is 170 Å². The van der Waals surface area contributed by atoms with Gasteiger partial charge in [0.25, 0.3) is 11.8 Å². The van der Waals surface area contributed by atoms with Gasteiger partial charge in [0.2, 0.25) is 0 Å².